The molecule has 1 rings (SSSR count). The third-order valence-electron chi connectivity index (χ3n) is 2.48. The third kappa shape index (κ3) is 4.26. The Morgan fingerprint density at radius 3 is 2.88 bits per heavy atom. The standard InChI is InChI=1S/C12H19N3OS/c1-4-10-5-9(6-11(13)15-10)12(16)14-7-8(2)17-3/h5-6,8H,4,7H2,1-3H3,(H2,13,15)(H,14,16). The number of thioether (sulfide) groups is 1. The molecule has 4 nitrogen and oxygen atoms in total. The van der Waals surface area contributed by atoms with Crippen LogP contribution in [-0.2, 0) is 6.42 Å². The molecular weight excluding hydrogens is 234 g/mol. The Balaban J connectivity index is 2.71. The fraction of sp³-hybridized carbons (Fsp3) is 0.500. The van der Waals surface area contributed by atoms with Crippen LogP contribution in [-0.4, -0.2) is 28.9 Å². The Kier molecular flexibility index (Phi) is 5.28. The second kappa shape index (κ2) is 6.49. The van der Waals surface area contributed by atoms with E-state index in [1.165, 1.54) is 0 Å². The number of hydrogen-bond donors (Lipinski definition) is 2. The van der Waals surface area contributed by atoms with Crippen LogP contribution >= 0.6 is 11.8 Å². The number of anilines is 1. The lowest BCUT2D eigenvalue weighted by atomic mass is 10.2. The van der Waals surface area contributed by atoms with Gasteiger partial charge in [-0.25, -0.2) is 4.98 Å². The molecule has 0 saturated heterocycles. The zero-order valence-electron chi connectivity index (χ0n) is 10.5. The summed E-state index contributed by atoms with van der Waals surface area (Å²) in [4.78, 5) is 16.0. The molecule has 1 atom stereocenters. The van der Waals surface area contributed by atoms with E-state index >= 15 is 0 Å². The summed E-state index contributed by atoms with van der Waals surface area (Å²) in [5, 5.41) is 3.29. The predicted molar refractivity (Wildman–Crippen MR) is 73.3 cm³/mol. The molecule has 1 unspecified atom stereocenters. The van der Waals surface area contributed by atoms with Gasteiger partial charge < -0.3 is 11.1 Å². The number of pyridine rings is 1. The molecule has 0 bridgehead atoms. The number of hydrogen-bond acceptors (Lipinski definition) is 4. The average Bonchev–Trinajstić information content (AvgIpc) is 2.34. The molecule has 0 aliphatic rings. The molecule has 17 heavy (non-hydrogen) atoms. The maximum atomic E-state index is 11.9. The average molecular weight is 253 g/mol. The number of nitrogens with one attached hydrogen (secondary N) is 1. The maximum Gasteiger partial charge on any atom is 0.251 e. The van der Waals surface area contributed by atoms with E-state index in [1.807, 2.05) is 13.2 Å². The van der Waals surface area contributed by atoms with Crippen molar-refractivity contribution in [1.29, 1.82) is 0 Å². The van der Waals surface area contributed by atoms with E-state index < -0.39 is 0 Å². The van der Waals surface area contributed by atoms with E-state index in [0.29, 0.717) is 23.2 Å². The van der Waals surface area contributed by atoms with Crippen molar-refractivity contribution in [3.05, 3.63) is 23.4 Å². The number of nitrogens with zero attached hydrogens (tertiary/aromatic N) is 1. The van der Waals surface area contributed by atoms with Crippen LogP contribution in [0.25, 0.3) is 0 Å². The first-order chi connectivity index (χ1) is 8.06. The smallest absolute Gasteiger partial charge is 0.251 e. The summed E-state index contributed by atoms with van der Waals surface area (Å²) in [6.45, 7) is 4.71. The minimum absolute atomic E-state index is 0.0882. The molecule has 0 radical (unpaired) electrons. The van der Waals surface area contributed by atoms with Gasteiger partial charge in [0.15, 0.2) is 0 Å². The van der Waals surface area contributed by atoms with Gasteiger partial charge in [0.2, 0.25) is 0 Å². The number of amides is 1. The number of carbonyl (C=O) groups excluding carboxylic acids is 1. The van der Waals surface area contributed by atoms with Crippen molar-refractivity contribution in [2.75, 3.05) is 18.5 Å². The highest BCUT2D eigenvalue weighted by Gasteiger charge is 2.09. The van der Waals surface area contributed by atoms with Crippen LogP contribution in [0.3, 0.4) is 0 Å². The molecule has 0 fully saturated rings. The van der Waals surface area contributed by atoms with E-state index in [-0.39, 0.29) is 5.91 Å². The minimum atomic E-state index is -0.0882. The highest BCUT2D eigenvalue weighted by molar-refractivity contribution is 7.99. The molecule has 1 heterocycles. The Hall–Kier alpha value is -1.23. The Bertz CT molecular complexity index is 395. The first-order valence-electron chi connectivity index (χ1n) is 5.64. The SMILES string of the molecule is CCc1cc(C(=O)NCC(C)SC)cc(N)n1. The molecule has 0 aliphatic heterocycles. The normalized spacial score (nSPS) is 12.2. The third-order valence-corrected chi connectivity index (χ3v) is 3.45. The first-order valence-corrected chi connectivity index (χ1v) is 6.93. The van der Waals surface area contributed by atoms with Crippen molar-refractivity contribution in [2.45, 2.75) is 25.5 Å². The van der Waals surface area contributed by atoms with Crippen LogP contribution < -0.4 is 11.1 Å². The van der Waals surface area contributed by atoms with Gasteiger partial charge in [-0.2, -0.15) is 11.8 Å². The van der Waals surface area contributed by atoms with Gasteiger partial charge in [-0.3, -0.25) is 4.79 Å². The Morgan fingerprint density at radius 1 is 1.59 bits per heavy atom. The molecule has 0 saturated carbocycles. The fourth-order valence-electron chi connectivity index (χ4n) is 1.34. The van der Waals surface area contributed by atoms with Crippen LogP contribution in [0.5, 0.6) is 0 Å². The van der Waals surface area contributed by atoms with Gasteiger partial charge in [-0.05, 0) is 24.8 Å². The zero-order chi connectivity index (χ0) is 12.8. The first kappa shape index (κ1) is 13.8. The summed E-state index contributed by atoms with van der Waals surface area (Å²) in [5.74, 6) is 0.308. The van der Waals surface area contributed by atoms with Gasteiger partial charge >= 0.3 is 0 Å². The second-order valence-corrected chi connectivity index (χ2v) is 5.16. The Morgan fingerprint density at radius 2 is 2.29 bits per heavy atom. The highest BCUT2D eigenvalue weighted by Crippen LogP contribution is 2.09. The summed E-state index contributed by atoms with van der Waals surface area (Å²) in [6, 6.07) is 3.40. The van der Waals surface area contributed by atoms with E-state index in [0.717, 1.165) is 12.1 Å². The van der Waals surface area contributed by atoms with Crippen LogP contribution in [0.1, 0.15) is 29.9 Å². The number of aryl methyl sites for hydroxylation is 1. The van der Waals surface area contributed by atoms with Gasteiger partial charge in [0, 0.05) is 23.1 Å². The quantitative estimate of drug-likeness (QED) is 0.838. The number of aromatic nitrogens is 1. The highest BCUT2D eigenvalue weighted by atomic mass is 32.2. The molecule has 0 aliphatic carbocycles. The fourth-order valence-corrected chi connectivity index (χ4v) is 1.59. The van der Waals surface area contributed by atoms with Crippen LogP contribution in [0.2, 0.25) is 0 Å². The topological polar surface area (TPSA) is 68.0 Å². The van der Waals surface area contributed by atoms with E-state index in [4.69, 9.17) is 5.73 Å². The zero-order valence-corrected chi connectivity index (χ0v) is 11.3. The summed E-state index contributed by atoms with van der Waals surface area (Å²) in [7, 11) is 0. The van der Waals surface area contributed by atoms with Gasteiger partial charge in [0.1, 0.15) is 5.82 Å². The lowest BCUT2D eigenvalue weighted by molar-refractivity contribution is 0.0954. The predicted octanol–water partition coefficient (Wildman–Crippen LogP) is 1.71. The van der Waals surface area contributed by atoms with Gasteiger partial charge in [-0.15, -0.1) is 0 Å². The second-order valence-electron chi connectivity index (χ2n) is 3.88. The molecule has 3 N–H and O–H groups in total. The van der Waals surface area contributed by atoms with Crippen LogP contribution in [0.15, 0.2) is 12.1 Å². The maximum absolute atomic E-state index is 11.9. The number of carbonyl (C=O) groups is 1. The van der Waals surface area contributed by atoms with Crippen LogP contribution in [0, 0.1) is 0 Å². The summed E-state index contributed by atoms with van der Waals surface area (Å²) in [5.41, 5.74) is 7.09. The van der Waals surface area contributed by atoms with Crippen molar-refractivity contribution in [3.8, 4) is 0 Å². The summed E-state index contributed by atoms with van der Waals surface area (Å²) in [6.07, 6.45) is 2.79. The van der Waals surface area contributed by atoms with Crippen molar-refractivity contribution in [3.63, 3.8) is 0 Å². The summed E-state index contributed by atoms with van der Waals surface area (Å²) < 4.78 is 0. The molecule has 0 aromatic carbocycles. The monoisotopic (exact) mass is 253 g/mol. The Labute approximate surface area is 106 Å². The molecule has 5 heteroatoms. The minimum Gasteiger partial charge on any atom is -0.384 e. The van der Waals surface area contributed by atoms with Crippen LogP contribution in [0.4, 0.5) is 5.82 Å². The molecule has 0 spiro atoms. The number of rotatable bonds is 5. The molecular formula is C12H19N3OS. The van der Waals surface area contributed by atoms with Gasteiger partial charge in [0.05, 0.1) is 0 Å². The lowest BCUT2D eigenvalue weighted by Crippen LogP contribution is -2.29. The summed E-state index contributed by atoms with van der Waals surface area (Å²) >= 11 is 1.72. The van der Waals surface area contributed by atoms with Crippen molar-refractivity contribution in [1.82, 2.24) is 10.3 Å². The number of nitrogens with two attached hydrogens (primary N) is 1. The lowest BCUT2D eigenvalue weighted by Gasteiger charge is -2.10. The van der Waals surface area contributed by atoms with E-state index in [1.54, 1.807) is 23.9 Å². The van der Waals surface area contributed by atoms with Crippen molar-refractivity contribution in [2.24, 2.45) is 0 Å². The molecule has 1 aromatic rings. The molecule has 1 amide bonds. The van der Waals surface area contributed by atoms with Crippen molar-refractivity contribution < 1.29 is 4.79 Å². The van der Waals surface area contributed by atoms with Crippen molar-refractivity contribution >= 4 is 23.5 Å². The van der Waals surface area contributed by atoms with Gasteiger partial charge in [0.25, 0.3) is 5.91 Å². The molecule has 94 valence electrons. The van der Waals surface area contributed by atoms with E-state index in [9.17, 15) is 4.79 Å². The van der Waals surface area contributed by atoms with Gasteiger partial charge in [-0.1, -0.05) is 13.8 Å². The largest absolute Gasteiger partial charge is 0.384 e. The molecule has 1 aromatic heterocycles. The number of nitrogen functional groups attached to an aromatic ring is 1. The van der Waals surface area contributed by atoms with E-state index in [2.05, 4.69) is 17.2 Å².